The van der Waals surface area contributed by atoms with Crippen LogP contribution in [0, 0.1) is 0 Å². The van der Waals surface area contributed by atoms with Crippen molar-refractivity contribution < 1.29 is 14.4 Å². The van der Waals surface area contributed by atoms with Crippen molar-refractivity contribution in [2.24, 2.45) is 0 Å². The summed E-state index contributed by atoms with van der Waals surface area (Å²) in [6.45, 7) is 7.40. The Labute approximate surface area is 96.3 Å². The normalized spacial score (nSPS) is 10.7. The molecule has 0 aliphatic carbocycles. The minimum absolute atomic E-state index is 0.378. The molecule has 0 unspecified atom stereocenters. The van der Waals surface area contributed by atoms with E-state index in [1.165, 1.54) is 0 Å². The van der Waals surface area contributed by atoms with Gasteiger partial charge in [-0.2, -0.15) is 5.48 Å². The second kappa shape index (κ2) is 6.61. The van der Waals surface area contributed by atoms with Crippen molar-refractivity contribution in [1.29, 1.82) is 0 Å². The third-order valence-electron chi connectivity index (χ3n) is 1.38. The maximum atomic E-state index is 11.1. The quantitative estimate of drug-likeness (QED) is 0.601. The van der Waals surface area contributed by atoms with E-state index in [1.54, 1.807) is 20.8 Å². The molecular formula is C10H19NO3S. The summed E-state index contributed by atoms with van der Waals surface area (Å²) in [5.74, 6) is 0. The molecule has 0 radical (unpaired) electrons. The third kappa shape index (κ3) is 9.46. The van der Waals surface area contributed by atoms with E-state index in [0.29, 0.717) is 11.5 Å². The van der Waals surface area contributed by atoms with Gasteiger partial charge in [0.25, 0.3) is 0 Å². The van der Waals surface area contributed by atoms with Crippen LogP contribution >= 0.6 is 12.2 Å². The molecule has 0 aromatic heterocycles. The maximum Gasteiger partial charge on any atom is 0.441 e. The standard InChI is InChI=1S/C10H19NO3S/c1-5-6-7-8(15)14-11-9(12)13-10(2,3)4/h5-7H2,1-4H3,(H,11,12). The lowest BCUT2D eigenvalue weighted by Crippen LogP contribution is -2.33. The van der Waals surface area contributed by atoms with Crippen LogP contribution in [0.1, 0.15) is 47.0 Å². The summed E-state index contributed by atoms with van der Waals surface area (Å²) >= 11 is 4.89. The fraction of sp³-hybridized carbons (Fsp3) is 0.800. The van der Waals surface area contributed by atoms with Gasteiger partial charge in [0.1, 0.15) is 5.60 Å². The lowest BCUT2D eigenvalue weighted by atomic mass is 10.2. The third-order valence-corrected chi connectivity index (χ3v) is 1.67. The lowest BCUT2D eigenvalue weighted by molar-refractivity contribution is 0.0263. The summed E-state index contributed by atoms with van der Waals surface area (Å²) in [5.41, 5.74) is 1.62. The molecule has 15 heavy (non-hydrogen) atoms. The molecule has 4 nitrogen and oxygen atoms in total. The molecule has 0 aromatic rings. The van der Waals surface area contributed by atoms with Crippen LogP contribution < -0.4 is 5.48 Å². The highest BCUT2D eigenvalue weighted by atomic mass is 32.1. The number of thiocarbonyl (C=S) groups is 1. The Hall–Kier alpha value is -0.840. The first kappa shape index (κ1) is 14.2. The van der Waals surface area contributed by atoms with Crippen molar-refractivity contribution in [1.82, 2.24) is 5.48 Å². The van der Waals surface area contributed by atoms with Crippen molar-refractivity contribution in [2.75, 3.05) is 0 Å². The average molecular weight is 233 g/mol. The molecule has 1 N–H and O–H groups in total. The van der Waals surface area contributed by atoms with E-state index in [2.05, 4.69) is 12.4 Å². The van der Waals surface area contributed by atoms with Gasteiger partial charge in [0.15, 0.2) is 5.05 Å². The number of carbonyl (C=O) groups is 1. The molecule has 0 saturated heterocycles. The zero-order chi connectivity index (χ0) is 11.9. The number of hydroxylamine groups is 1. The number of amides is 1. The van der Waals surface area contributed by atoms with Crippen LogP contribution in [0.25, 0.3) is 0 Å². The predicted molar refractivity (Wildman–Crippen MR) is 62.6 cm³/mol. The van der Waals surface area contributed by atoms with E-state index in [1.807, 2.05) is 0 Å². The Bertz CT molecular complexity index is 223. The summed E-state index contributed by atoms with van der Waals surface area (Å²) in [5, 5.41) is 0.378. The minimum atomic E-state index is -0.624. The van der Waals surface area contributed by atoms with Gasteiger partial charge in [-0.1, -0.05) is 13.3 Å². The Morgan fingerprint density at radius 2 is 2.00 bits per heavy atom. The highest BCUT2D eigenvalue weighted by molar-refractivity contribution is 7.80. The smallest absolute Gasteiger partial charge is 0.441 e. The van der Waals surface area contributed by atoms with Gasteiger partial charge in [0, 0.05) is 6.42 Å². The fourth-order valence-corrected chi connectivity index (χ4v) is 0.956. The summed E-state index contributed by atoms with van der Waals surface area (Å²) < 4.78 is 4.96. The zero-order valence-electron chi connectivity index (χ0n) is 9.75. The van der Waals surface area contributed by atoms with E-state index in [4.69, 9.17) is 21.8 Å². The highest BCUT2D eigenvalue weighted by Crippen LogP contribution is 2.06. The van der Waals surface area contributed by atoms with Crippen LogP contribution in [0.3, 0.4) is 0 Å². The number of unbranched alkanes of at least 4 members (excludes halogenated alkanes) is 1. The Morgan fingerprint density at radius 3 is 2.47 bits per heavy atom. The summed E-state index contributed by atoms with van der Waals surface area (Å²) in [4.78, 5) is 16.0. The lowest BCUT2D eigenvalue weighted by Gasteiger charge is -2.19. The van der Waals surface area contributed by atoms with Gasteiger partial charge in [0.2, 0.25) is 0 Å². The SMILES string of the molecule is CCCCC(=S)ONC(=O)OC(C)(C)C. The van der Waals surface area contributed by atoms with Crippen LogP contribution in [0.15, 0.2) is 0 Å². The Balaban J connectivity index is 3.67. The van der Waals surface area contributed by atoms with Gasteiger partial charge in [-0.15, -0.1) is 0 Å². The van der Waals surface area contributed by atoms with Crippen LogP contribution in [0.2, 0.25) is 0 Å². The first-order valence-electron chi connectivity index (χ1n) is 5.04. The molecular weight excluding hydrogens is 214 g/mol. The van der Waals surface area contributed by atoms with Crippen molar-refractivity contribution in [3.05, 3.63) is 0 Å². The van der Waals surface area contributed by atoms with E-state index in [-0.39, 0.29) is 0 Å². The van der Waals surface area contributed by atoms with Crippen LogP contribution in [0.4, 0.5) is 4.79 Å². The molecule has 0 aliphatic rings. The molecule has 0 rings (SSSR count). The summed E-state index contributed by atoms with van der Waals surface area (Å²) in [6.07, 6.45) is 2.04. The van der Waals surface area contributed by atoms with Crippen molar-refractivity contribution in [3.8, 4) is 0 Å². The van der Waals surface area contributed by atoms with Gasteiger partial charge in [-0.05, 0) is 39.4 Å². The maximum absolute atomic E-state index is 11.1. The molecule has 0 aliphatic heterocycles. The molecule has 1 amide bonds. The van der Waals surface area contributed by atoms with Crippen molar-refractivity contribution in [2.45, 2.75) is 52.6 Å². The molecule has 5 heteroatoms. The zero-order valence-corrected chi connectivity index (χ0v) is 10.6. The number of rotatable bonds is 3. The van der Waals surface area contributed by atoms with Gasteiger partial charge in [-0.3, -0.25) is 0 Å². The topological polar surface area (TPSA) is 47.6 Å². The van der Waals surface area contributed by atoms with Crippen LogP contribution in [-0.2, 0) is 9.57 Å². The van der Waals surface area contributed by atoms with Crippen LogP contribution in [0.5, 0.6) is 0 Å². The highest BCUT2D eigenvalue weighted by Gasteiger charge is 2.16. The molecule has 0 bridgehead atoms. The van der Waals surface area contributed by atoms with E-state index < -0.39 is 11.7 Å². The molecule has 88 valence electrons. The van der Waals surface area contributed by atoms with Crippen molar-refractivity contribution >= 4 is 23.4 Å². The molecule has 0 spiro atoms. The monoisotopic (exact) mass is 233 g/mol. The van der Waals surface area contributed by atoms with E-state index in [0.717, 1.165) is 12.8 Å². The Kier molecular flexibility index (Phi) is 6.24. The number of hydrogen-bond donors (Lipinski definition) is 1. The fourth-order valence-electron chi connectivity index (χ4n) is 0.770. The first-order chi connectivity index (χ1) is 6.85. The van der Waals surface area contributed by atoms with Crippen LogP contribution in [-0.4, -0.2) is 16.7 Å². The molecule has 0 fully saturated rings. The minimum Gasteiger partial charge on any atom is -0.442 e. The van der Waals surface area contributed by atoms with Gasteiger partial charge >= 0.3 is 6.09 Å². The van der Waals surface area contributed by atoms with Gasteiger partial charge in [0.05, 0.1) is 0 Å². The second-order valence-electron chi connectivity index (χ2n) is 4.18. The molecule has 0 saturated carbocycles. The molecule has 0 heterocycles. The van der Waals surface area contributed by atoms with Crippen molar-refractivity contribution in [3.63, 3.8) is 0 Å². The van der Waals surface area contributed by atoms with E-state index >= 15 is 0 Å². The molecule has 0 aromatic carbocycles. The largest absolute Gasteiger partial charge is 0.442 e. The number of ether oxygens (including phenoxy) is 1. The number of nitrogens with one attached hydrogen (secondary N) is 1. The second-order valence-corrected chi connectivity index (χ2v) is 4.64. The first-order valence-corrected chi connectivity index (χ1v) is 5.44. The Morgan fingerprint density at radius 1 is 1.40 bits per heavy atom. The summed E-state index contributed by atoms with van der Waals surface area (Å²) in [7, 11) is 0. The van der Waals surface area contributed by atoms with Gasteiger partial charge < -0.3 is 9.57 Å². The predicted octanol–water partition coefficient (Wildman–Crippen LogP) is 2.96. The van der Waals surface area contributed by atoms with E-state index in [9.17, 15) is 4.79 Å². The van der Waals surface area contributed by atoms with Gasteiger partial charge in [-0.25, -0.2) is 4.79 Å². The number of hydrogen-bond acceptors (Lipinski definition) is 4. The summed E-state index contributed by atoms with van der Waals surface area (Å²) in [6, 6.07) is 0. The average Bonchev–Trinajstić information content (AvgIpc) is 2.08. The number of carbonyl (C=O) groups excluding carboxylic acids is 1. The molecule has 0 atom stereocenters.